The Morgan fingerprint density at radius 1 is 1.08 bits per heavy atom. The monoisotopic (exact) mass is 374 g/mol. The minimum absolute atomic E-state index is 0. The maximum atomic E-state index is 12.7. The van der Waals surface area contributed by atoms with Crippen LogP contribution in [-0.2, 0) is 0 Å². The van der Waals surface area contributed by atoms with Gasteiger partial charge in [-0.2, -0.15) is 0 Å². The number of benzene rings is 2. The first-order valence-corrected chi connectivity index (χ1v) is 9.02. The molecule has 0 radical (unpaired) electrons. The van der Waals surface area contributed by atoms with E-state index in [4.69, 9.17) is 25.8 Å². The number of hydrogen-bond acceptors (Lipinski definition) is 4. The van der Waals surface area contributed by atoms with Crippen LogP contribution < -0.4 is 19.5 Å². The molecule has 1 unspecified atom stereocenters. The zero-order valence-corrected chi connectivity index (χ0v) is 15.6. The van der Waals surface area contributed by atoms with Crippen LogP contribution in [0, 0.1) is 0 Å². The number of rotatable bonds is 8. The molecule has 0 saturated heterocycles. The first kappa shape index (κ1) is 21.9. The Balaban J connectivity index is 0.00000312. The molecule has 0 N–H and O–H groups in total. The Morgan fingerprint density at radius 2 is 1.80 bits per heavy atom. The summed E-state index contributed by atoms with van der Waals surface area (Å²) in [5.41, 5.74) is 0.305. The molecule has 130 valence electrons. The van der Waals surface area contributed by atoms with E-state index < -0.39 is 0 Å². The summed E-state index contributed by atoms with van der Waals surface area (Å²) in [7, 11) is 1.40. The molecule has 0 aliphatic carbocycles. The van der Waals surface area contributed by atoms with Gasteiger partial charge in [0.15, 0.2) is 5.52 Å². The maximum absolute atomic E-state index is 12.7. The Hall–Kier alpha value is -1.17. The molecule has 2 rings (SSSR count). The molecule has 0 bridgehead atoms. The number of carbonyl (C=O) groups excluding carboxylic acids is 1. The fraction of sp³-hybridized carbons (Fsp3) is 0.278. The van der Waals surface area contributed by atoms with Gasteiger partial charge in [0.1, 0.15) is 17.2 Å². The number of ether oxygens (including phenoxy) is 3. The van der Waals surface area contributed by atoms with Crippen molar-refractivity contribution in [3.8, 4) is 17.2 Å². The molecular weight excluding hydrogens is 354 g/mol. The molecule has 0 amide bonds. The summed E-state index contributed by atoms with van der Waals surface area (Å²) < 4.78 is 16.4. The molecule has 0 heterocycles. The molecule has 0 aliphatic heterocycles. The first-order valence-electron chi connectivity index (χ1n) is 7.64. The van der Waals surface area contributed by atoms with E-state index in [2.05, 4.69) is 0 Å². The molecule has 0 aliphatic rings. The fourth-order valence-electron chi connectivity index (χ4n) is 2.22. The summed E-state index contributed by atoms with van der Waals surface area (Å²) in [5.74, 6) is 1.85. The predicted molar refractivity (Wildman–Crippen MR) is 106 cm³/mol. The summed E-state index contributed by atoms with van der Waals surface area (Å²) in [6.45, 7) is 4.90. The summed E-state index contributed by atoms with van der Waals surface area (Å²) in [6.07, 6.45) is 0. The summed E-state index contributed by atoms with van der Waals surface area (Å²) in [6, 6.07) is 10.7. The molecule has 2 aromatic rings. The number of hydrogen-bond donors (Lipinski definition) is 0. The van der Waals surface area contributed by atoms with Crippen molar-refractivity contribution >= 4 is 49.9 Å². The normalized spacial score (nSPS) is 10.4. The second kappa shape index (κ2) is 10.7. The van der Waals surface area contributed by atoms with Crippen molar-refractivity contribution in [2.24, 2.45) is 0 Å². The van der Waals surface area contributed by atoms with Crippen molar-refractivity contribution in [2.45, 2.75) is 13.8 Å². The number of halogens is 1. The van der Waals surface area contributed by atoms with Crippen molar-refractivity contribution in [2.75, 3.05) is 20.3 Å². The van der Waals surface area contributed by atoms with E-state index in [0.717, 1.165) is 11.1 Å². The van der Waals surface area contributed by atoms with Crippen LogP contribution in [0.15, 0.2) is 36.4 Å². The van der Waals surface area contributed by atoms with Crippen molar-refractivity contribution in [1.82, 2.24) is 0 Å². The van der Waals surface area contributed by atoms with Crippen molar-refractivity contribution < 1.29 is 19.0 Å². The zero-order chi connectivity index (χ0) is 17.5. The topological polar surface area (TPSA) is 44.8 Å². The Bertz CT molecular complexity index is 724. The molecule has 0 fully saturated rings. The van der Waals surface area contributed by atoms with Crippen LogP contribution >= 0.6 is 20.2 Å². The van der Waals surface area contributed by atoms with Crippen LogP contribution in [0.2, 0.25) is 5.02 Å². The molecule has 0 saturated carbocycles. The van der Waals surface area contributed by atoms with Gasteiger partial charge in [-0.3, -0.25) is 4.79 Å². The Morgan fingerprint density at radius 3 is 2.44 bits per heavy atom. The van der Waals surface area contributed by atoms with E-state index in [1.807, 2.05) is 32.0 Å². The predicted octanol–water partition coefficient (Wildman–Crippen LogP) is 3.64. The second-order valence-corrected chi connectivity index (χ2v) is 6.45. The molecule has 2 aromatic carbocycles. The second-order valence-electron chi connectivity index (χ2n) is 4.80. The zero-order valence-electron chi connectivity index (χ0n) is 13.9. The van der Waals surface area contributed by atoms with Crippen LogP contribution in [0.5, 0.6) is 17.2 Å². The average Bonchev–Trinajstić information content (AvgIpc) is 2.57. The van der Waals surface area contributed by atoms with Crippen LogP contribution in [-0.4, -0.2) is 44.7 Å². The summed E-state index contributed by atoms with van der Waals surface area (Å²) in [5, 5.41) is 1.20. The minimum atomic E-state index is -0.125. The third kappa shape index (κ3) is 5.66. The SMILES string of the molecule is CCOc1ccc(PC(=O)c2c(Cl)cccc2OC)c(OCC)c1.[LiH]. The van der Waals surface area contributed by atoms with Gasteiger partial charge < -0.3 is 14.2 Å². The summed E-state index contributed by atoms with van der Waals surface area (Å²) >= 11 is 6.19. The van der Waals surface area contributed by atoms with Crippen LogP contribution in [0.4, 0.5) is 0 Å². The fourth-order valence-corrected chi connectivity index (χ4v) is 3.61. The quantitative estimate of drug-likeness (QED) is 0.523. The van der Waals surface area contributed by atoms with Crippen LogP contribution in [0.1, 0.15) is 24.2 Å². The van der Waals surface area contributed by atoms with E-state index in [1.54, 1.807) is 18.2 Å². The van der Waals surface area contributed by atoms with Gasteiger partial charge in [0.2, 0.25) is 0 Å². The van der Waals surface area contributed by atoms with Crippen LogP contribution in [0.3, 0.4) is 0 Å². The summed E-state index contributed by atoms with van der Waals surface area (Å²) in [4.78, 5) is 12.7. The van der Waals surface area contributed by atoms with E-state index in [1.165, 1.54) is 7.11 Å². The van der Waals surface area contributed by atoms with Crippen LogP contribution in [0.25, 0.3) is 0 Å². The van der Waals surface area contributed by atoms with Gasteiger partial charge in [0.05, 0.1) is 30.9 Å². The van der Waals surface area contributed by atoms with Gasteiger partial charge in [-0.25, -0.2) is 0 Å². The molecule has 0 spiro atoms. The molecule has 1 atom stereocenters. The van der Waals surface area contributed by atoms with E-state index >= 15 is 0 Å². The van der Waals surface area contributed by atoms with E-state index in [9.17, 15) is 4.79 Å². The van der Waals surface area contributed by atoms with Gasteiger partial charge >= 0.3 is 18.9 Å². The third-order valence-electron chi connectivity index (χ3n) is 3.23. The molecular formula is C18H21ClLiO4P. The Kier molecular flexibility index (Phi) is 9.39. The molecule has 0 aromatic heterocycles. The standard InChI is InChI=1S/C18H20ClO4P.Li.H/c1-4-22-12-9-10-16(15(11-12)23-5-2)24-18(20)17-13(19)7-6-8-14(17)21-3;;/h6-11,24H,4-5H2,1-3H3;;. The van der Waals surface area contributed by atoms with Crippen molar-refractivity contribution in [3.05, 3.63) is 47.0 Å². The van der Waals surface area contributed by atoms with Crippen molar-refractivity contribution in [3.63, 3.8) is 0 Å². The first-order chi connectivity index (χ1) is 11.6. The van der Waals surface area contributed by atoms with Gasteiger partial charge in [-0.05, 0) is 46.7 Å². The number of methoxy groups -OCH3 is 1. The molecule has 4 nitrogen and oxygen atoms in total. The third-order valence-corrected chi connectivity index (χ3v) is 4.71. The van der Waals surface area contributed by atoms with Gasteiger partial charge in [0, 0.05) is 11.4 Å². The van der Waals surface area contributed by atoms with E-state index in [-0.39, 0.29) is 33.0 Å². The molecule has 25 heavy (non-hydrogen) atoms. The van der Waals surface area contributed by atoms with Gasteiger partial charge in [-0.15, -0.1) is 0 Å². The molecule has 7 heteroatoms. The Labute approximate surface area is 167 Å². The van der Waals surface area contributed by atoms with Gasteiger partial charge in [-0.1, -0.05) is 17.7 Å². The van der Waals surface area contributed by atoms with Gasteiger partial charge in [0.25, 0.3) is 0 Å². The average molecular weight is 375 g/mol. The van der Waals surface area contributed by atoms with Crippen molar-refractivity contribution in [1.29, 1.82) is 0 Å². The number of carbonyl (C=O) groups is 1. The van der Waals surface area contributed by atoms with E-state index in [0.29, 0.717) is 35.3 Å².